The van der Waals surface area contributed by atoms with Crippen LogP contribution >= 0.6 is 0 Å². The highest BCUT2D eigenvalue weighted by Crippen LogP contribution is 2.26. The summed E-state index contributed by atoms with van der Waals surface area (Å²) >= 11 is 0. The van der Waals surface area contributed by atoms with Gasteiger partial charge in [0.25, 0.3) is 0 Å². The van der Waals surface area contributed by atoms with E-state index in [2.05, 4.69) is 5.32 Å². The van der Waals surface area contributed by atoms with E-state index >= 15 is 0 Å². The molecule has 1 aromatic rings. The van der Waals surface area contributed by atoms with Crippen LogP contribution in [0.15, 0.2) is 12.1 Å². The first-order valence-corrected chi connectivity index (χ1v) is 5.66. The molecule has 1 atom stereocenters. The van der Waals surface area contributed by atoms with Gasteiger partial charge in [-0.3, -0.25) is 0 Å². The van der Waals surface area contributed by atoms with Crippen LogP contribution < -0.4 is 5.32 Å². The van der Waals surface area contributed by atoms with E-state index < -0.39 is 0 Å². The summed E-state index contributed by atoms with van der Waals surface area (Å²) in [6.07, 6.45) is 2.44. The number of benzene rings is 1. The molecule has 0 bridgehead atoms. The Labute approximate surface area is 90.7 Å². The molecular formula is C13H18FN. The third kappa shape index (κ3) is 2.20. The van der Waals surface area contributed by atoms with E-state index in [-0.39, 0.29) is 5.82 Å². The number of hydrogen-bond acceptors (Lipinski definition) is 1. The molecule has 1 aliphatic heterocycles. The first-order valence-electron chi connectivity index (χ1n) is 5.66. The van der Waals surface area contributed by atoms with E-state index in [4.69, 9.17) is 0 Å². The number of aryl methyl sites for hydroxylation is 2. The SMILES string of the molecule is Cc1cc(C2CCCNC2)cc(C)c1F. The van der Waals surface area contributed by atoms with Crippen molar-refractivity contribution in [3.8, 4) is 0 Å². The van der Waals surface area contributed by atoms with Crippen LogP contribution in [0.3, 0.4) is 0 Å². The van der Waals surface area contributed by atoms with Crippen LogP contribution in [-0.4, -0.2) is 13.1 Å². The minimum absolute atomic E-state index is 0.0532. The van der Waals surface area contributed by atoms with E-state index in [1.807, 2.05) is 26.0 Å². The molecule has 0 aliphatic carbocycles. The molecule has 0 saturated carbocycles. The highest BCUT2D eigenvalue weighted by Gasteiger charge is 2.16. The fourth-order valence-corrected chi connectivity index (χ4v) is 2.35. The van der Waals surface area contributed by atoms with Gasteiger partial charge in [-0.2, -0.15) is 0 Å². The van der Waals surface area contributed by atoms with Crippen molar-refractivity contribution in [3.05, 3.63) is 34.6 Å². The van der Waals surface area contributed by atoms with Gasteiger partial charge in [-0.25, -0.2) is 4.39 Å². The summed E-state index contributed by atoms with van der Waals surface area (Å²) in [5, 5.41) is 3.39. The van der Waals surface area contributed by atoms with Gasteiger partial charge in [0, 0.05) is 6.54 Å². The summed E-state index contributed by atoms with van der Waals surface area (Å²) in [7, 11) is 0. The Morgan fingerprint density at radius 3 is 2.47 bits per heavy atom. The molecule has 0 radical (unpaired) electrons. The number of piperidine rings is 1. The Morgan fingerprint density at radius 2 is 1.93 bits per heavy atom. The first kappa shape index (κ1) is 10.6. The van der Waals surface area contributed by atoms with Crippen molar-refractivity contribution in [2.45, 2.75) is 32.6 Å². The van der Waals surface area contributed by atoms with Crippen molar-refractivity contribution < 1.29 is 4.39 Å². The van der Waals surface area contributed by atoms with Gasteiger partial charge in [0.1, 0.15) is 5.82 Å². The molecule has 1 unspecified atom stereocenters. The Morgan fingerprint density at radius 1 is 1.27 bits per heavy atom. The summed E-state index contributed by atoms with van der Waals surface area (Å²) in [5.41, 5.74) is 2.84. The fraction of sp³-hybridized carbons (Fsp3) is 0.538. The third-order valence-electron chi connectivity index (χ3n) is 3.23. The zero-order valence-corrected chi connectivity index (χ0v) is 9.44. The molecule has 1 aromatic carbocycles. The molecule has 2 rings (SSSR count). The monoisotopic (exact) mass is 207 g/mol. The van der Waals surface area contributed by atoms with E-state index in [1.165, 1.54) is 18.4 Å². The van der Waals surface area contributed by atoms with Gasteiger partial charge >= 0.3 is 0 Å². The highest BCUT2D eigenvalue weighted by atomic mass is 19.1. The maximum Gasteiger partial charge on any atom is 0.129 e. The van der Waals surface area contributed by atoms with E-state index in [1.54, 1.807) is 0 Å². The molecule has 82 valence electrons. The van der Waals surface area contributed by atoms with Gasteiger partial charge in [-0.1, -0.05) is 12.1 Å². The summed E-state index contributed by atoms with van der Waals surface area (Å²) in [6.45, 7) is 5.85. The van der Waals surface area contributed by atoms with Gasteiger partial charge in [0.2, 0.25) is 0 Å². The zero-order chi connectivity index (χ0) is 10.8. The summed E-state index contributed by atoms with van der Waals surface area (Å²) in [6, 6.07) is 4.00. The second-order valence-electron chi connectivity index (χ2n) is 4.51. The largest absolute Gasteiger partial charge is 0.316 e. The van der Waals surface area contributed by atoms with Crippen molar-refractivity contribution in [1.82, 2.24) is 5.32 Å². The smallest absolute Gasteiger partial charge is 0.129 e. The second-order valence-corrected chi connectivity index (χ2v) is 4.51. The van der Waals surface area contributed by atoms with Crippen LogP contribution in [0.1, 0.15) is 35.4 Å². The number of halogens is 1. The second kappa shape index (κ2) is 4.31. The number of rotatable bonds is 1. The van der Waals surface area contributed by atoms with Crippen LogP contribution in [0, 0.1) is 19.7 Å². The Balaban J connectivity index is 2.27. The predicted octanol–water partition coefficient (Wildman–Crippen LogP) is 2.91. The Bertz CT molecular complexity index is 331. The van der Waals surface area contributed by atoms with E-state index in [9.17, 15) is 4.39 Å². The van der Waals surface area contributed by atoms with Crippen LogP contribution in [0.5, 0.6) is 0 Å². The van der Waals surface area contributed by atoms with Crippen LogP contribution in [0.2, 0.25) is 0 Å². The lowest BCUT2D eigenvalue weighted by molar-refractivity contribution is 0.460. The molecule has 1 heterocycles. The molecule has 1 fully saturated rings. The van der Waals surface area contributed by atoms with Gasteiger partial charge in [-0.15, -0.1) is 0 Å². The van der Waals surface area contributed by atoms with E-state index in [0.29, 0.717) is 5.92 Å². The van der Waals surface area contributed by atoms with Crippen LogP contribution in [0.4, 0.5) is 4.39 Å². The van der Waals surface area contributed by atoms with Crippen molar-refractivity contribution in [3.63, 3.8) is 0 Å². The van der Waals surface area contributed by atoms with Crippen molar-refractivity contribution in [2.24, 2.45) is 0 Å². The first-order chi connectivity index (χ1) is 7.18. The Kier molecular flexibility index (Phi) is 3.06. The summed E-state index contributed by atoms with van der Waals surface area (Å²) in [4.78, 5) is 0. The van der Waals surface area contributed by atoms with Gasteiger partial charge in [0.05, 0.1) is 0 Å². The zero-order valence-electron chi connectivity index (χ0n) is 9.44. The molecular weight excluding hydrogens is 189 g/mol. The summed E-state index contributed by atoms with van der Waals surface area (Å²) < 4.78 is 13.5. The van der Waals surface area contributed by atoms with Gasteiger partial charge in [-0.05, 0) is 55.8 Å². The molecule has 1 N–H and O–H groups in total. The molecule has 1 aliphatic rings. The average Bonchev–Trinajstić information content (AvgIpc) is 2.26. The maximum atomic E-state index is 13.5. The standard InChI is InChI=1S/C13H18FN/c1-9-6-12(7-10(2)13(9)14)11-4-3-5-15-8-11/h6-7,11,15H,3-5,8H2,1-2H3. The minimum Gasteiger partial charge on any atom is -0.316 e. The fourth-order valence-electron chi connectivity index (χ4n) is 2.35. The highest BCUT2D eigenvalue weighted by molar-refractivity contribution is 5.33. The molecule has 2 heteroatoms. The lowest BCUT2D eigenvalue weighted by Gasteiger charge is -2.24. The molecule has 15 heavy (non-hydrogen) atoms. The quantitative estimate of drug-likeness (QED) is 0.746. The normalized spacial score (nSPS) is 21.7. The van der Waals surface area contributed by atoms with Crippen LogP contribution in [0.25, 0.3) is 0 Å². The number of nitrogens with one attached hydrogen (secondary N) is 1. The van der Waals surface area contributed by atoms with Crippen molar-refractivity contribution >= 4 is 0 Å². The molecule has 0 aromatic heterocycles. The topological polar surface area (TPSA) is 12.0 Å². The van der Waals surface area contributed by atoms with Gasteiger partial charge in [0.15, 0.2) is 0 Å². The van der Waals surface area contributed by atoms with Crippen LogP contribution in [-0.2, 0) is 0 Å². The average molecular weight is 207 g/mol. The molecule has 1 saturated heterocycles. The minimum atomic E-state index is -0.0532. The Hall–Kier alpha value is -0.890. The molecule has 0 spiro atoms. The summed E-state index contributed by atoms with van der Waals surface area (Å²) in [5.74, 6) is 0.513. The van der Waals surface area contributed by atoms with Crippen molar-refractivity contribution in [2.75, 3.05) is 13.1 Å². The third-order valence-corrected chi connectivity index (χ3v) is 3.23. The van der Waals surface area contributed by atoms with Gasteiger partial charge < -0.3 is 5.32 Å². The number of hydrogen-bond donors (Lipinski definition) is 1. The lowest BCUT2D eigenvalue weighted by Crippen LogP contribution is -2.28. The predicted molar refractivity (Wildman–Crippen MR) is 60.7 cm³/mol. The van der Waals surface area contributed by atoms with Crippen molar-refractivity contribution in [1.29, 1.82) is 0 Å². The maximum absolute atomic E-state index is 13.5. The molecule has 1 nitrogen and oxygen atoms in total. The lowest BCUT2D eigenvalue weighted by atomic mass is 9.89. The van der Waals surface area contributed by atoms with E-state index in [0.717, 1.165) is 24.2 Å². The molecule has 0 amide bonds.